The van der Waals surface area contributed by atoms with Gasteiger partial charge in [0.1, 0.15) is 0 Å². The predicted octanol–water partition coefficient (Wildman–Crippen LogP) is 7.73. The fourth-order valence-electron chi connectivity index (χ4n) is 5.44. The fourth-order valence-corrected chi connectivity index (χ4v) is 5.44. The van der Waals surface area contributed by atoms with Crippen molar-refractivity contribution in [3.63, 3.8) is 0 Å². The van der Waals surface area contributed by atoms with E-state index in [4.69, 9.17) is 4.98 Å². The number of fused-ring (bicyclic) bond motifs is 8. The Morgan fingerprint density at radius 3 is 2.23 bits per heavy atom. The van der Waals surface area contributed by atoms with Crippen molar-refractivity contribution in [1.29, 1.82) is 0 Å². The van der Waals surface area contributed by atoms with Crippen molar-refractivity contribution in [2.75, 3.05) is 0 Å². The number of hydrogen-bond donors (Lipinski definition) is 1. The van der Waals surface area contributed by atoms with Gasteiger partial charge in [-0.3, -0.25) is 8.97 Å². The second kappa shape index (κ2) is 6.84. The molecule has 0 saturated carbocycles. The van der Waals surface area contributed by atoms with Gasteiger partial charge in [0.2, 0.25) is 5.78 Å². The van der Waals surface area contributed by atoms with Crippen LogP contribution in [0.4, 0.5) is 0 Å². The van der Waals surface area contributed by atoms with E-state index >= 15 is 0 Å². The van der Waals surface area contributed by atoms with Gasteiger partial charge < -0.3 is 4.98 Å². The van der Waals surface area contributed by atoms with Gasteiger partial charge in [-0.1, -0.05) is 60.7 Å². The quantitative estimate of drug-likeness (QED) is 0.289. The van der Waals surface area contributed by atoms with Crippen LogP contribution in [0, 0.1) is 0 Å². The molecule has 0 aliphatic rings. The average Bonchev–Trinajstić information content (AvgIpc) is 3.56. The number of nitrogens with zero attached hydrogens (tertiary/aromatic N) is 3. The molecule has 4 heteroatoms. The molecule has 1 N–H and O–H groups in total. The molecule has 4 nitrogen and oxygen atoms in total. The second-order valence-corrected chi connectivity index (χ2v) is 9.04. The Balaban J connectivity index is 1.43. The lowest BCUT2D eigenvalue weighted by atomic mass is 10.0. The van der Waals surface area contributed by atoms with E-state index in [2.05, 4.69) is 123 Å². The van der Waals surface area contributed by atoms with Crippen LogP contribution in [0.1, 0.15) is 0 Å². The maximum atomic E-state index is 5.02. The molecule has 5 aromatic carbocycles. The molecule has 3 heterocycles. The van der Waals surface area contributed by atoms with Crippen LogP contribution in [0.15, 0.2) is 115 Å². The lowest BCUT2D eigenvalue weighted by molar-refractivity contribution is 1.11. The standard InChI is InChI=1S/C31H20N4/c1-2-8-22(9-3-1)34-30-19-21(15-17-29(30)35-28-13-7-6-12-27(28)33-31(34)35)20-14-16-26-24(18-20)23-10-4-5-11-25(23)32-26/h1-19,32H. The summed E-state index contributed by atoms with van der Waals surface area (Å²) in [5.74, 6) is 0.927. The van der Waals surface area contributed by atoms with Crippen LogP contribution in [0.2, 0.25) is 0 Å². The molecule has 0 aliphatic carbocycles. The highest BCUT2D eigenvalue weighted by atomic mass is 15.2. The molecular weight excluding hydrogens is 428 g/mol. The highest BCUT2D eigenvalue weighted by Gasteiger charge is 2.18. The zero-order chi connectivity index (χ0) is 22.9. The third kappa shape index (κ3) is 2.59. The van der Waals surface area contributed by atoms with Gasteiger partial charge in [-0.15, -0.1) is 0 Å². The van der Waals surface area contributed by atoms with E-state index in [0.717, 1.165) is 39.0 Å². The molecule has 0 radical (unpaired) electrons. The van der Waals surface area contributed by atoms with Crippen molar-refractivity contribution in [2.45, 2.75) is 0 Å². The largest absolute Gasteiger partial charge is 0.355 e. The van der Waals surface area contributed by atoms with E-state index < -0.39 is 0 Å². The van der Waals surface area contributed by atoms with Gasteiger partial charge in [0.25, 0.3) is 0 Å². The number of aromatic amines is 1. The van der Waals surface area contributed by atoms with Crippen molar-refractivity contribution in [1.82, 2.24) is 18.9 Å². The van der Waals surface area contributed by atoms with Crippen molar-refractivity contribution >= 4 is 49.7 Å². The van der Waals surface area contributed by atoms with E-state index in [0.29, 0.717) is 0 Å². The SMILES string of the molecule is c1ccc(-n2c3cc(-c4ccc5[nH]c6ccccc6c5c4)ccc3n3c4ccccc4nc23)cc1. The number of para-hydroxylation sites is 4. The number of imidazole rings is 2. The third-order valence-electron chi connectivity index (χ3n) is 7.05. The zero-order valence-electron chi connectivity index (χ0n) is 18.8. The van der Waals surface area contributed by atoms with E-state index in [9.17, 15) is 0 Å². The Hall–Kier alpha value is -4.83. The number of aromatic nitrogens is 4. The van der Waals surface area contributed by atoms with Crippen molar-refractivity contribution in [2.24, 2.45) is 0 Å². The number of benzene rings is 5. The summed E-state index contributed by atoms with van der Waals surface area (Å²) in [7, 11) is 0. The first-order valence-electron chi connectivity index (χ1n) is 11.8. The monoisotopic (exact) mass is 448 g/mol. The van der Waals surface area contributed by atoms with Crippen LogP contribution in [-0.4, -0.2) is 18.9 Å². The van der Waals surface area contributed by atoms with Crippen LogP contribution >= 0.6 is 0 Å². The number of hydrogen-bond acceptors (Lipinski definition) is 1. The van der Waals surface area contributed by atoms with Gasteiger partial charge in [0, 0.05) is 27.5 Å². The molecule has 164 valence electrons. The molecule has 0 bridgehead atoms. The van der Waals surface area contributed by atoms with Crippen molar-refractivity contribution < 1.29 is 0 Å². The van der Waals surface area contributed by atoms with Crippen molar-refractivity contribution in [3.8, 4) is 16.8 Å². The Labute approximate surface area is 200 Å². The molecule has 8 rings (SSSR count). The summed E-state index contributed by atoms with van der Waals surface area (Å²) >= 11 is 0. The fraction of sp³-hybridized carbons (Fsp3) is 0. The molecule has 35 heavy (non-hydrogen) atoms. The smallest absolute Gasteiger partial charge is 0.220 e. The summed E-state index contributed by atoms with van der Waals surface area (Å²) in [5.41, 5.74) is 10.2. The minimum absolute atomic E-state index is 0.927. The summed E-state index contributed by atoms with van der Waals surface area (Å²) < 4.78 is 4.54. The van der Waals surface area contributed by atoms with Crippen LogP contribution in [0.5, 0.6) is 0 Å². The molecule has 8 aromatic rings. The highest BCUT2D eigenvalue weighted by molar-refractivity contribution is 6.08. The third-order valence-corrected chi connectivity index (χ3v) is 7.05. The molecule has 0 saturated heterocycles. The van der Waals surface area contributed by atoms with Gasteiger partial charge in [0.15, 0.2) is 0 Å². The lowest BCUT2D eigenvalue weighted by Gasteiger charge is -2.07. The second-order valence-electron chi connectivity index (χ2n) is 9.04. The minimum Gasteiger partial charge on any atom is -0.355 e. The summed E-state index contributed by atoms with van der Waals surface area (Å²) in [4.78, 5) is 8.55. The first-order valence-corrected chi connectivity index (χ1v) is 11.8. The van der Waals surface area contributed by atoms with E-state index in [-0.39, 0.29) is 0 Å². The Morgan fingerprint density at radius 2 is 1.29 bits per heavy atom. The van der Waals surface area contributed by atoms with Crippen LogP contribution in [0.25, 0.3) is 66.5 Å². The average molecular weight is 449 g/mol. The molecule has 0 unspecified atom stereocenters. The van der Waals surface area contributed by atoms with Gasteiger partial charge in [0.05, 0.1) is 22.1 Å². The highest BCUT2D eigenvalue weighted by Crippen LogP contribution is 2.34. The maximum absolute atomic E-state index is 5.02. The summed E-state index contributed by atoms with van der Waals surface area (Å²) in [6.07, 6.45) is 0. The van der Waals surface area contributed by atoms with Gasteiger partial charge in [-0.25, -0.2) is 4.98 Å². The summed E-state index contributed by atoms with van der Waals surface area (Å²) in [6, 6.07) is 40.8. The molecule has 0 aliphatic heterocycles. The molecule has 0 spiro atoms. The predicted molar refractivity (Wildman–Crippen MR) is 144 cm³/mol. The normalized spacial score (nSPS) is 12.0. The summed E-state index contributed by atoms with van der Waals surface area (Å²) in [5, 5.41) is 2.50. The topological polar surface area (TPSA) is 38.0 Å². The molecule has 0 atom stereocenters. The first kappa shape index (κ1) is 18.6. The van der Waals surface area contributed by atoms with Crippen LogP contribution in [-0.2, 0) is 0 Å². The Morgan fingerprint density at radius 1 is 0.543 bits per heavy atom. The molecular formula is C31H20N4. The molecule has 0 amide bonds. The minimum atomic E-state index is 0.927. The van der Waals surface area contributed by atoms with Crippen LogP contribution in [0.3, 0.4) is 0 Å². The van der Waals surface area contributed by atoms with Gasteiger partial charge >= 0.3 is 0 Å². The molecule has 3 aromatic heterocycles. The van der Waals surface area contributed by atoms with Crippen molar-refractivity contribution in [3.05, 3.63) is 115 Å². The molecule has 0 fully saturated rings. The zero-order valence-corrected chi connectivity index (χ0v) is 18.8. The Kier molecular flexibility index (Phi) is 3.63. The maximum Gasteiger partial charge on any atom is 0.220 e. The lowest BCUT2D eigenvalue weighted by Crippen LogP contribution is -1.94. The number of H-pyrrole nitrogens is 1. The summed E-state index contributed by atoms with van der Waals surface area (Å²) in [6.45, 7) is 0. The van der Waals surface area contributed by atoms with Gasteiger partial charge in [-0.2, -0.15) is 0 Å². The van der Waals surface area contributed by atoms with E-state index in [1.807, 2.05) is 6.07 Å². The van der Waals surface area contributed by atoms with E-state index in [1.165, 1.54) is 27.4 Å². The Bertz CT molecular complexity index is 2050. The van der Waals surface area contributed by atoms with E-state index in [1.54, 1.807) is 0 Å². The number of nitrogens with one attached hydrogen (secondary N) is 1. The first-order chi connectivity index (χ1) is 17.3. The number of rotatable bonds is 2. The van der Waals surface area contributed by atoms with Crippen LogP contribution < -0.4 is 0 Å². The van der Waals surface area contributed by atoms with Gasteiger partial charge in [-0.05, 0) is 65.7 Å².